The molecular formula is C34H54FN5O4. The number of rotatable bonds is 9. The molecule has 3 saturated heterocycles. The van der Waals surface area contributed by atoms with Crippen molar-refractivity contribution in [2.24, 2.45) is 17.8 Å². The van der Waals surface area contributed by atoms with Crippen molar-refractivity contribution in [3.05, 3.63) is 11.8 Å². The van der Waals surface area contributed by atoms with Crippen LogP contribution in [0.2, 0.25) is 0 Å². The molecule has 10 heteroatoms. The first kappa shape index (κ1) is 31.0. The number of ketones is 1. The van der Waals surface area contributed by atoms with E-state index in [1.807, 2.05) is 6.20 Å². The zero-order valence-electron chi connectivity index (χ0n) is 26.6. The van der Waals surface area contributed by atoms with E-state index in [1.54, 1.807) is 0 Å². The Morgan fingerprint density at radius 3 is 2.59 bits per heavy atom. The number of fused-ring (bicyclic) bond motifs is 3. The van der Waals surface area contributed by atoms with E-state index in [0.29, 0.717) is 31.0 Å². The highest BCUT2D eigenvalue weighted by atomic mass is 19.1. The van der Waals surface area contributed by atoms with Crippen molar-refractivity contribution >= 4 is 11.7 Å². The highest BCUT2D eigenvalue weighted by Gasteiger charge is 2.59. The lowest BCUT2D eigenvalue weighted by Gasteiger charge is -2.61. The molecule has 6 fully saturated rings. The molecule has 0 aromatic carbocycles. The van der Waals surface area contributed by atoms with Crippen LogP contribution in [-0.2, 0) is 19.1 Å². The van der Waals surface area contributed by atoms with Gasteiger partial charge < -0.3 is 29.9 Å². The molecule has 7 rings (SSSR count). The first-order valence-corrected chi connectivity index (χ1v) is 17.8. The summed E-state index contributed by atoms with van der Waals surface area (Å²) in [5.74, 6) is 0.279. The number of ether oxygens (including phenoxy) is 2. The zero-order chi connectivity index (χ0) is 30.2. The SMILES string of the molecule is CN1CCCC1CCNC(=O)C1=CN2C3CC4CCCCC4CC3OC3C(NCCCN4CCOCC4)C(F)CC(C1=O)C32. The molecule has 0 spiro atoms. The first-order chi connectivity index (χ1) is 21.5. The van der Waals surface area contributed by atoms with Gasteiger partial charge in [0.15, 0.2) is 5.78 Å². The van der Waals surface area contributed by atoms with Crippen LogP contribution in [0.15, 0.2) is 11.8 Å². The standard InChI is InChI=1S/C34H54FN5O4/c1-38-12-4-8-24(38)9-11-37-34(42)26-21-40-28-18-22-6-2-3-7-23(22)19-29(28)44-33-30(27(35)20-25(31(33)40)32(26)41)36-10-5-13-39-14-16-43-17-15-39/h21-25,27-31,33,36H,2-20H2,1H3,(H,37,42). The number of carbonyl (C=O) groups is 2. The highest BCUT2D eigenvalue weighted by Crippen LogP contribution is 2.50. The van der Waals surface area contributed by atoms with Gasteiger partial charge in [-0.15, -0.1) is 0 Å². The Kier molecular flexibility index (Phi) is 9.62. The smallest absolute Gasteiger partial charge is 0.256 e. The van der Waals surface area contributed by atoms with Gasteiger partial charge in [0.25, 0.3) is 5.91 Å². The van der Waals surface area contributed by atoms with Gasteiger partial charge in [0, 0.05) is 37.8 Å². The lowest BCUT2D eigenvalue weighted by Crippen LogP contribution is -2.73. The molecule has 4 heterocycles. The molecule has 246 valence electrons. The molecule has 2 N–H and O–H groups in total. The van der Waals surface area contributed by atoms with Crippen LogP contribution < -0.4 is 10.6 Å². The topological polar surface area (TPSA) is 86.4 Å². The van der Waals surface area contributed by atoms with E-state index in [9.17, 15) is 9.59 Å². The lowest BCUT2D eigenvalue weighted by molar-refractivity contribution is -0.208. The van der Waals surface area contributed by atoms with Crippen LogP contribution in [0.4, 0.5) is 4.39 Å². The van der Waals surface area contributed by atoms with Crippen molar-refractivity contribution in [2.45, 2.75) is 113 Å². The van der Waals surface area contributed by atoms with Crippen molar-refractivity contribution < 1.29 is 23.5 Å². The van der Waals surface area contributed by atoms with Crippen molar-refractivity contribution in [3.8, 4) is 0 Å². The third kappa shape index (κ3) is 6.23. The predicted octanol–water partition coefficient (Wildman–Crippen LogP) is 2.50. The van der Waals surface area contributed by atoms with E-state index in [2.05, 4.69) is 32.4 Å². The molecule has 10 atom stereocenters. The second kappa shape index (κ2) is 13.6. The number of amides is 1. The number of nitrogens with zero attached hydrogens (tertiary/aromatic N) is 3. The van der Waals surface area contributed by atoms with E-state index in [4.69, 9.17) is 9.47 Å². The molecule has 10 unspecified atom stereocenters. The molecule has 1 amide bonds. The number of likely N-dealkylation sites (tertiary alicyclic amines) is 1. The molecule has 0 bridgehead atoms. The molecular weight excluding hydrogens is 561 g/mol. The monoisotopic (exact) mass is 615 g/mol. The summed E-state index contributed by atoms with van der Waals surface area (Å²) in [5, 5.41) is 6.63. The molecule has 3 aliphatic carbocycles. The van der Waals surface area contributed by atoms with Gasteiger partial charge in [-0.1, -0.05) is 25.7 Å². The van der Waals surface area contributed by atoms with E-state index in [1.165, 1.54) is 32.1 Å². The summed E-state index contributed by atoms with van der Waals surface area (Å²) < 4.78 is 28.5. The summed E-state index contributed by atoms with van der Waals surface area (Å²) in [4.78, 5) is 34.6. The summed E-state index contributed by atoms with van der Waals surface area (Å²) in [6.45, 7) is 6.79. The van der Waals surface area contributed by atoms with E-state index in [0.717, 1.165) is 71.5 Å². The van der Waals surface area contributed by atoms with Gasteiger partial charge in [0.05, 0.1) is 49.1 Å². The van der Waals surface area contributed by atoms with Crippen LogP contribution in [-0.4, -0.2) is 128 Å². The number of nitrogens with one attached hydrogen (secondary N) is 2. The van der Waals surface area contributed by atoms with Gasteiger partial charge in [-0.25, -0.2) is 4.39 Å². The van der Waals surface area contributed by atoms with Crippen LogP contribution in [0.25, 0.3) is 0 Å². The van der Waals surface area contributed by atoms with Crippen molar-refractivity contribution in [1.29, 1.82) is 0 Å². The zero-order valence-corrected chi connectivity index (χ0v) is 26.6. The predicted molar refractivity (Wildman–Crippen MR) is 166 cm³/mol. The summed E-state index contributed by atoms with van der Waals surface area (Å²) in [6, 6.07) is -0.0601. The van der Waals surface area contributed by atoms with Gasteiger partial charge in [0.1, 0.15) is 6.17 Å². The van der Waals surface area contributed by atoms with Crippen molar-refractivity contribution in [3.63, 3.8) is 0 Å². The Bertz CT molecular complexity index is 1070. The van der Waals surface area contributed by atoms with Gasteiger partial charge in [0.2, 0.25) is 0 Å². The fourth-order valence-electron chi connectivity index (χ4n) is 9.88. The minimum atomic E-state index is -1.20. The second-order valence-corrected chi connectivity index (χ2v) is 14.8. The molecule has 0 aromatic rings. The lowest BCUT2D eigenvalue weighted by atomic mass is 9.65. The first-order valence-electron chi connectivity index (χ1n) is 17.8. The Balaban J connectivity index is 1.08. The third-order valence-electron chi connectivity index (χ3n) is 12.3. The number of hydrogen-bond donors (Lipinski definition) is 2. The van der Waals surface area contributed by atoms with Crippen LogP contribution >= 0.6 is 0 Å². The normalized spacial score (nSPS) is 41.0. The Morgan fingerprint density at radius 1 is 1.02 bits per heavy atom. The van der Waals surface area contributed by atoms with Gasteiger partial charge >= 0.3 is 0 Å². The average Bonchev–Trinajstić information content (AvgIpc) is 3.45. The van der Waals surface area contributed by atoms with E-state index >= 15 is 4.39 Å². The summed E-state index contributed by atoms with van der Waals surface area (Å²) >= 11 is 0. The molecule has 3 saturated carbocycles. The van der Waals surface area contributed by atoms with Gasteiger partial charge in [-0.05, 0) is 83.5 Å². The summed E-state index contributed by atoms with van der Waals surface area (Å²) in [6.07, 6.45) is 11.7. The largest absolute Gasteiger partial charge is 0.379 e. The molecule has 0 radical (unpaired) electrons. The van der Waals surface area contributed by atoms with E-state index in [-0.39, 0.29) is 41.9 Å². The fraction of sp³-hybridized carbons (Fsp3) is 0.882. The molecule has 0 aromatic heterocycles. The maximum absolute atomic E-state index is 16.1. The van der Waals surface area contributed by atoms with Crippen LogP contribution in [0.3, 0.4) is 0 Å². The molecule has 4 aliphatic heterocycles. The minimum Gasteiger partial charge on any atom is -0.379 e. The van der Waals surface area contributed by atoms with Crippen LogP contribution in [0, 0.1) is 17.8 Å². The number of carbonyl (C=O) groups excluding carboxylic acids is 2. The van der Waals surface area contributed by atoms with Gasteiger partial charge in [-0.3, -0.25) is 14.5 Å². The Labute approximate surface area is 262 Å². The number of halogens is 1. The second-order valence-electron chi connectivity index (χ2n) is 14.8. The number of Topliss-reactive ketones (excluding diaryl/α,β-unsaturated/α-hetero) is 1. The quantitative estimate of drug-likeness (QED) is 0.303. The summed E-state index contributed by atoms with van der Waals surface area (Å²) in [7, 11) is 2.14. The average molecular weight is 616 g/mol. The number of morpholine rings is 2. The van der Waals surface area contributed by atoms with Crippen LogP contribution in [0.1, 0.15) is 70.6 Å². The maximum Gasteiger partial charge on any atom is 0.256 e. The molecule has 9 nitrogen and oxygen atoms in total. The molecule has 7 aliphatic rings. The Hall–Kier alpha value is -1.59. The number of hydrogen-bond acceptors (Lipinski definition) is 8. The number of alkyl halides is 1. The molecule has 44 heavy (non-hydrogen) atoms. The fourth-order valence-corrected chi connectivity index (χ4v) is 9.88. The third-order valence-corrected chi connectivity index (χ3v) is 12.3. The summed E-state index contributed by atoms with van der Waals surface area (Å²) in [5.41, 5.74) is 0.223. The highest BCUT2D eigenvalue weighted by molar-refractivity contribution is 6.20. The van der Waals surface area contributed by atoms with Crippen molar-refractivity contribution in [2.75, 3.05) is 59.5 Å². The van der Waals surface area contributed by atoms with Crippen LogP contribution in [0.5, 0.6) is 0 Å². The maximum atomic E-state index is 16.1. The minimum absolute atomic E-state index is 0.00543. The van der Waals surface area contributed by atoms with Gasteiger partial charge in [-0.2, -0.15) is 0 Å². The van der Waals surface area contributed by atoms with E-state index < -0.39 is 24.2 Å². The van der Waals surface area contributed by atoms with Crippen molar-refractivity contribution in [1.82, 2.24) is 25.3 Å². The Morgan fingerprint density at radius 2 is 1.82 bits per heavy atom.